The van der Waals surface area contributed by atoms with Crippen LogP contribution >= 0.6 is 11.6 Å². The van der Waals surface area contributed by atoms with Crippen molar-refractivity contribution < 1.29 is 9.90 Å². The van der Waals surface area contributed by atoms with Crippen LogP contribution in [0.1, 0.15) is 57.4 Å². The monoisotopic (exact) mass is 296 g/mol. The lowest BCUT2D eigenvalue weighted by molar-refractivity contribution is -0.142. The van der Waals surface area contributed by atoms with E-state index in [2.05, 4.69) is 6.92 Å². The van der Waals surface area contributed by atoms with Crippen molar-refractivity contribution in [3.05, 3.63) is 34.9 Å². The van der Waals surface area contributed by atoms with E-state index < -0.39 is 5.97 Å². The van der Waals surface area contributed by atoms with Gasteiger partial charge in [0, 0.05) is 5.02 Å². The second kappa shape index (κ2) is 9.82. The minimum Gasteiger partial charge on any atom is -0.481 e. The van der Waals surface area contributed by atoms with Crippen molar-refractivity contribution in [2.45, 2.75) is 58.3 Å². The van der Waals surface area contributed by atoms with Gasteiger partial charge < -0.3 is 5.11 Å². The minimum absolute atomic E-state index is 0.276. The molecule has 3 heteroatoms. The summed E-state index contributed by atoms with van der Waals surface area (Å²) in [5, 5.41) is 10.00. The molecule has 0 radical (unpaired) electrons. The molecule has 0 saturated heterocycles. The maximum Gasteiger partial charge on any atom is 0.306 e. The highest BCUT2D eigenvalue weighted by atomic mass is 35.5. The Kier molecular flexibility index (Phi) is 8.36. The van der Waals surface area contributed by atoms with E-state index in [1.807, 2.05) is 24.3 Å². The SMILES string of the molecule is CCCCCCCCC(Cc1ccc(Cl)cc1)C(=O)O. The lowest BCUT2D eigenvalue weighted by atomic mass is 9.93. The zero-order valence-electron chi connectivity index (χ0n) is 12.3. The van der Waals surface area contributed by atoms with Crippen molar-refractivity contribution in [1.82, 2.24) is 0 Å². The van der Waals surface area contributed by atoms with E-state index >= 15 is 0 Å². The number of carboxylic acids is 1. The highest BCUT2D eigenvalue weighted by molar-refractivity contribution is 6.30. The molecule has 0 aliphatic rings. The van der Waals surface area contributed by atoms with Gasteiger partial charge in [0.2, 0.25) is 0 Å². The van der Waals surface area contributed by atoms with Gasteiger partial charge >= 0.3 is 5.97 Å². The number of benzene rings is 1. The summed E-state index contributed by atoms with van der Waals surface area (Å²) >= 11 is 5.84. The van der Waals surface area contributed by atoms with Crippen LogP contribution in [-0.2, 0) is 11.2 Å². The molecule has 112 valence electrons. The van der Waals surface area contributed by atoms with Crippen LogP contribution in [0.15, 0.2) is 24.3 Å². The van der Waals surface area contributed by atoms with E-state index in [9.17, 15) is 9.90 Å². The van der Waals surface area contributed by atoms with E-state index in [1.165, 1.54) is 25.7 Å². The first-order chi connectivity index (χ1) is 9.63. The highest BCUT2D eigenvalue weighted by Crippen LogP contribution is 2.19. The second-order valence-corrected chi connectivity index (χ2v) is 5.86. The summed E-state index contributed by atoms with van der Waals surface area (Å²) in [5.41, 5.74) is 1.05. The third-order valence-electron chi connectivity index (χ3n) is 3.65. The summed E-state index contributed by atoms with van der Waals surface area (Å²) in [6.45, 7) is 2.20. The van der Waals surface area contributed by atoms with Gasteiger partial charge in [-0.1, -0.05) is 69.2 Å². The number of unbranched alkanes of at least 4 members (excludes halogenated alkanes) is 5. The standard InChI is InChI=1S/C17H25ClO2/c1-2-3-4-5-6-7-8-15(17(19)20)13-14-9-11-16(18)12-10-14/h9-12,15H,2-8,13H2,1H3,(H,19,20). The lowest BCUT2D eigenvalue weighted by Crippen LogP contribution is -2.16. The number of aliphatic carboxylic acids is 1. The Morgan fingerprint density at radius 2 is 1.70 bits per heavy atom. The van der Waals surface area contributed by atoms with Crippen LogP contribution in [0.4, 0.5) is 0 Å². The normalized spacial score (nSPS) is 12.3. The molecule has 1 atom stereocenters. The first kappa shape index (κ1) is 17.0. The quantitative estimate of drug-likeness (QED) is 0.592. The molecule has 1 unspecified atom stereocenters. The van der Waals surface area contributed by atoms with Crippen LogP contribution in [0.3, 0.4) is 0 Å². The fourth-order valence-corrected chi connectivity index (χ4v) is 2.51. The van der Waals surface area contributed by atoms with Crippen molar-refractivity contribution >= 4 is 17.6 Å². The Morgan fingerprint density at radius 3 is 2.30 bits per heavy atom. The summed E-state index contributed by atoms with van der Waals surface area (Å²) < 4.78 is 0. The fourth-order valence-electron chi connectivity index (χ4n) is 2.39. The molecule has 1 rings (SSSR count). The van der Waals surface area contributed by atoms with Crippen molar-refractivity contribution in [1.29, 1.82) is 0 Å². The Hall–Kier alpha value is -1.02. The molecule has 0 aromatic heterocycles. The van der Waals surface area contributed by atoms with Gasteiger partial charge in [-0.05, 0) is 30.5 Å². The van der Waals surface area contributed by atoms with Gasteiger partial charge in [0.05, 0.1) is 5.92 Å². The molecular formula is C17H25ClO2. The number of hydrogen-bond donors (Lipinski definition) is 1. The first-order valence-electron chi connectivity index (χ1n) is 7.60. The van der Waals surface area contributed by atoms with Crippen LogP contribution in [0, 0.1) is 5.92 Å². The lowest BCUT2D eigenvalue weighted by Gasteiger charge is -2.12. The smallest absolute Gasteiger partial charge is 0.306 e. The second-order valence-electron chi connectivity index (χ2n) is 5.42. The molecule has 0 amide bonds. The number of hydrogen-bond acceptors (Lipinski definition) is 1. The Balaban J connectivity index is 2.33. The third-order valence-corrected chi connectivity index (χ3v) is 3.90. The minimum atomic E-state index is -0.687. The highest BCUT2D eigenvalue weighted by Gasteiger charge is 2.17. The summed E-state index contributed by atoms with van der Waals surface area (Å²) in [6.07, 6.45) is 8.54. The number of halogens is 1. The molecule has 0 aliphatic heterocycles. The van der Waals surface area contributed by atoms with Crippen LogP contribution in [0.25, 0.3) is 0 Å². The molecule has 0 saturated carbocycles. The van der Waals surface area contributed by atoms with Crippen molar-refractivity contribution in [3.63, 3.8) is 0 Å². The topological polar surface area (TPSA) is 37.3 Å². The summed E-state index contributed by atoms with van der Waals surface area (Å²) in [4.78, 5) is 11.3. The zero-order chi connectivity index (χ0) is 14.8. The largest absolute Gasteiger partial charge is 0.481 e. The van der Waals surface area contributed by atoms with Gasteiger partial charge in [-0.25, -0.2) is 0 Å². The third kappa shape index (κ3) is 6.95. The predicted octanol–water partition coefficient (Wildman–Crippen LogP) is 5.33. The Labute approximate surface area is 127 Å². The van der Waals surface area contributed by atoms with Gasteiger partial charge in [0.15, 0.2) is 0 Å². The molecule has 20 heavy (non-hydrogen) atoms. The molecule has 0 fully saturated rings. The molecule has 0 spiro atoms. The fraction of sp³-hybridized carbons (Fsp3) is 0.588. The van der Waals surface area contributed by atoms with Crippen LogP contribution in [0.5, 0.6) is 0 Å². The van der Waals surface area contributed by atoms with Crippen LogP contribution < -0.4 is 0 Å². The van der Waals surface area contributed by atoms with Crippen LogP contribution in [0.2, 0.25) is 5.02 Å². The van der Waals surface area contributed by atoms with E-state index in [0.29, 0.717) is 11.4 Å². The molecule has 1 N–H and O–H groups in total. The summed E-state index contributed by atoms with van der Waals surface area (Å²) in [5.74, 6) is -0.962. The molecule has 0 aliphatic carbocycles. The number of carboxylic acid groups (broad SMARTS) is 1. The average Bonchev–Trinajstić information content (AvgIpc) is 2.43. The molecule has 0 bridgehead atoms. The van der Waals surface area contributed by atoms with E-state index in [4.69, 9.17) is 11.6 Å². The van der Waals surface area contributed by atoms with Crippen molar-refractivity contribution in [3.8, 4) is 0 Å². The van der Waals surface area contributed by atoms with Gasteiger partial charge in [0.1, 0.15) is 0 Å². The molecule has 2 nitrogen and oxygen atoms in total. The summed E-state index contributed by atoms with van der Waals surface area (Å²) in [6, 6.07) is 7.47. The van der Waals surface area contributed by atoms with Gasteiger partial charge in [-0.2, -0.15) is 0 Å². The Morgan fingerprint density at radius 1 is 1.10 bits per heavy atom. The van der Waals surface area contributed by atoms with Gasteiger partial charge in [-0.3, -0.25) is 4.79 Å². The van der Waals surface area contributed by atoms with E-state index in [-0.39, 0.29) is 5.92 Å². The van der Waals surface area contributed by atoms with Crippen molar-refractivity contribution in [2.75, 3.05) is 0 Å². The first-order valence-corrected chi connectivity index (χ1v) is 7.98. The predicted molar refractivity (Wildman–Crippen MR) is 84.3 cm³/mol. The maximum atomic E-state index is 11.3. The molecule has 1 aromatic carbocycles. The van der Waals surface area contributed by atoms with E-state index in [0.717, 1.165) is 24.8 Å². The molecule has 0 heterocycles. The van der Waals surface area contributed by atoms with Crippen LogP contribution in [-0.4, -0.2) is 11.1 Å². The average molecular weight is 297 g/mol. The summed E-state index contributed by atoms with van der Waals surface area (Å²) in [7, 11) is 0. The number of carbonyl (C=O) groups is 1. The van der Waals surface area contributed by atoms with E-state index in [1.54, 1.807) is 0 Å². The van der Waals surface area contributed by atoms with Crippen molar-refractivity contribution in [2.24, 2.45) is 5.92 Å². The van der Waals surface area contributed by atoms with Gasteiger partial charge in [0.25, 0.3) is 0 Å². The Bertz CT molecular complexity index is 386. The zero-order valence-corrected chi connectivity index (χ0v) is 13.0. The number of rotatable bonds is 10. The molecule has 1 aromatic rings. The van der Waals surface area contributed by atoms with Gasteiger partial charge in [-0.15, -0.1) is 0 Å². The maximum absolute atomic E-state index is 11.3. The molecular weight excluding hydrogens is 272 g/mol.